The van der Waals surface area contributed by atoms with Crippen LogP contribution in [0.1, 0.15) is 19.3 Å². The van der Waals surface area contributed by atoms with E-state index in [0.29, 0.717) is 17.7 Å². The number of rotatable bonds is 5. The molecule has 2 rings (SSSR count). The first kappa shape index (κ1) is 12.6. The third kappa shape index (κ3) is 3.33. The van der Waals surface area contributed by atoms with Gasteiger partial charge in [-0.05, 0) is 37.5 Å². The number of aromatic nitrogens is 2. The minimum atomic E-state index is 0.590. The Bertz CT molecular complexity index is 361. The predicted molar refractivity (Wildman–Crippen MR) is 69.2 cm³/mol. The zero-order chi connectivity index (χ0) is 12.1. The number of hydrogen-bond acceptors (Lipinski definition) is 5. The first-order valence-corrected chi connectivity index (χ1v) is 7.25. The van der Waals surface area contributed by atoms with Crippen LogP contribution in [0.2, 0.25) is 0 Å². The summed E-state index contributed by atoms with van der Waals surface area (Å²) < 4.78 is 5.74. The summed E-state index contributed by atoms with van der Waals surface area (Å²) in [6, 6.07) is 1.89. The standard InChI is InChI=1S/C12H19N3OS/c1-17-12-5-11(14-8-15-12)16-7-10-4-2-3-9(10)6-13/h5,8-10H,2-4,6-7,13H2,1H3. The monoisotopic (exact) mass is 253 g/mol. The molecular weight excluding hydrogens is 234 g/mol. The minimum absolute atomic E-state index is 0.590. The van der Waals surface area contributed by atoms with Gasteiger partial charge in [0, 0.05) is 6.07 Å². The van der Waals surface area contributed by atoms with Crippen molar-refractivity contribution in [3.8, 4) is 5.88 Å². The maximum Gasteiger partial charge on any atom is 0.217 e. The van der Waals surface area contributed by atoms with Crippen LogP contribution in [-0.2, 0) is 0 Å². The summed E-state index contributed by atoms with van der Waals surface area (Å²) in [5, 5.41) is 0.941. The van der Waals surface area contributed by atoms with Crippen LogP contribution < -0.4 is 10.5 Å². The van der Waals surface area contributed by atoms with Crippen LogP contribution >= 0.6 is 11.8 Å². The van der Waals surface area contributed by atoms with Crippen molar-refractivity contribution in [1.29, 1.82) is 0 Å². The Balaban J connectivity index is 1.88. The Kier molecular flexibility index (Phi) is 4.62. The van der Waals surface area contributed by atoms with Crippen LogP contribution in [0.15, 0.2) is 17.4 Å². The molecule has 94 valence electrons. The Morgan fingerprint density at radius 2 is 2.24 bits per heavy atom. The molecule has 0 aliphatic heterocycles. The molecule has 5 heteroatoms. The molecule has 4 nitrogen and oxygen atoms in total. The van der Waals surface area contributed by atoms with E-state index in [9.17, 15) is 0 Å². The van der Waals surface area contributed by atoms with E-state index in [1.807, 2.05) is 12.3 Å². The summed E-state index contributed by atoms with van der Waals surface area (Å²) in [6.07, 6.45) is 7.28. The summed E-state index contributed by atoms with van der Waals surface area (Å²) >= 11 is 1.60. The van der Waals surface area contributed by atoms with Crippen molar-refractivity contribution in [3.05, 3.63) is 12.4 Å². The lowest BCUT2D eigenvalue weighted by Crippen LogP contribution is -2.23. The molecule has 17 heavy (non-hydrogen) atoms. The molecule has 0 aromatic carbocycles. The third-order valence-corrected chi connectivity index (χ3v) is 4.03. The number of thioether (sulfide) groups is 1. The second-order valence-electron chi connectivity index (χ2n) is 4.40. The highest BCUT2D eigenvalue weighted by Gasteiger charge is 2.26. The number of nitrogens with zero attached hydrogens (tertiary/aromatic N) is 2. The molecule has 0 saturated heterocycles. The molecule has 0 radical (unpaired) electrons. The lowest BCUT2D eigenvalue weighted by Gasteiger charge is -2.17. The first-order chi connectivity index (χ1) is 8.33. The van der Waals surface area contributed by atoms with E-state index in [1.165, 1.54) is 19.3 Å². The predicted octanol–water partition coefficient (Wildman–Crippen LogP) is 1.95. The second-order valence-corrected chi connectivity index (χ2v) is 5.22. The Morgan fingerprint density at radius 1 is 1.41 bits per heavy atom. The Morgan fingerprint density at radius 3 is 3.00 bits per heavy atom. The fourth-order valence-corrected chi connectivity index (χ4v) is 2.72. The Hall–Kier alpha value is -0.810. The van der Waals surface area contributed by atoms with E-state index in [0.717, 1.165) is 18.2 Å². The van der Waals surface area contributed by atoms with Crippen molar-refractivity contribution < 1.29 is 4.74 Å². The number of ether oxygens (including phenoxy) is 1. The molecular formula is C12H19N3OS. The van der Waals surface area contributed by atoms with Gasteiger partial charge >= 0.3 is 0 Å². The average molecular weight is 253 g/mol. The van der Waals surface area contributed by atoms with E-state index >= 15 is 0 Å². The zero-order valence-electron chi connectivity index (χ0n) is 10.1. The molecule has 1 aliphatic rings. The van der Waals surface area contributed by atoms with Gasteiger partial charge in [0.1, 0.15) is 11.4 Å². The van der Waals surface area contributed by atoms with Crippen molar-refractivity contribution >= 4 is 11.8 Å². The highest BCUT2D eigenvalue weighted by Crippen LogP contribution is 2.31. The molecule has 2 atom stereocenters. The van der Waals surface area contributed by atoms with Crippen LogP contribution in [0.25, 0.3) is 0 Å². The van der Waals surface area contributed by atoms with E-state index in [2.05, 4.69) is 9.97 Å². The van der Waals surface area contributed by atoms with Gasteiger partial charge in [0.2, 0.25) is 5.88 Å². The van der Waals surface area contributed by atoms with Crippen molar-refractivity contribution in [3.63, 3.8) is 0 Å². The van der Waals surface area contributed by atoms with Gasteiger partial charge in [0.25, 0.3) is 0 Å². The lowest BCUT2D eigenvalue weighted by molar-refractivity contribution is 0.209. The zero-order valence-corrected chi connectivity index (χ0v) is 10.9. The molecule has 2 unspecified atom stereocenters. The number of nitrogens with two attached hydrogens (primary N) is 1. The summed E-state index contributed by atoms with van der Waals surface area (Å²) in [4.78, 5) is 8.24. The topological polar surface area (TPSA) is 61.0 Å². The maximum absolute atomic E-state index is 5.75. The molecule has 1 saturated carbocycles. The quantitative estimate of drug-likeness (QED) is 0.642. The van der Waals surface area contributed by atoms with Gasteiger partial charge in [0.05, 0.1) is 6.61 Å². The fourth-order valence-electron chi connectivity index (χ4n) is 2.35. The molecule has 0 bridgehead atoms. The van der Waals surface area contributed by atoms with Gasteiger partial charge in [-0.3, -0.25) is 0 Å². The summed E-state index contributed by atoms with van der Waals surface area (Å²) in [5.74, 6) is 1.89. The van der Waals surface area contributed by atoms with Gasteiger partial charge < -0.3 is 10.5 Å². The average Bonchev–Trinajstić information content (AvgIpc) is 2.84. The SMILES string of the molecule is CSc1cc(OCC2CCCC2CN)ncn1. The lowest BCUT2D eigenvalue weighted by atomic mass is 9.97. The van der Waals surface area contributed by atoms with Gasteiger partial charge in [0.15, 0.2) is 0 Å². The van der Waals surface area contributed by atoms with Crippen molar-refractivity contribution in [1.82, 2.24) is 9.97 Å². The maximum atomic E-state index is 5.75. The molecule has 1 aliphatic carbocycles. The van der Waals surface area contributed by atoms with Crippen molar-refractivity contribution in [2.24, 2.45) is 17.6 Å². The van der Waals surface area contributed by atoms with E-state index in [4.69, 9.17) is 10.5 Å². The van der Waals surface area contributed by atoms with Crippen molar-refractivity contribution in [2.45, 2.75) is 24.3 Å². The van der Waals surface area contributed by atoms with Crippen molar-refractivity contribution in [2.75, 3.05) is 19.4 Å². The first-order valence-electron chi connectivity index (χ1n) is 6.02. The summed E-state index contributed by atoms with van der Waals surface area (Å²) in [6.45, 7) is 1.50. The normalized spacial score (nSPS) is 23.9. The second kappa shape index (κ2) is 6.21. The van der Waals surface area contributed by atoms with E-state index in [-0.39, 0.29) is 0 Å². The molecule has 2 N–H and O–H groups in total. The van der Waals surface area contributed by atoms with Crippen LogP contribution in [-0.4, -0.2) is 29.4 Å². The van der Waals surface area contributed by atoms with Gasteiger partial charge in [-0.2, -0.15) is 0 Å². The van der Waals surface area contributed by atoms with Gasteiger partial charge in [-0.25, -0.2) is 9.97 Å². The molecule has 0 spiro atoms. The van der Waals surface area contributed by atoms with Gasteiger partial charge in [-0.15, -0.1) is 11.8 Å². The van der Waals surface area contributed by atoms with Crippen LogP contribution in [0.4, 0.5) is 0 Å². The molecule has 0 amide bonds. The smallest absolute Gasteiger partial charge is 0.217 e. The third-order valence-electron chi connectivity index (χ3n) is 3.39. The number of hydrogen-bond donors (Lipinski definition) is 1. The largest absolute Gasteiger partial charge is 0.477 e. The Labute approximate surface area is 106 Å². The van der Waals surface area contributed by atoms with E-state index in [1.54, 1.807) is 18.1 Å². The van der Waals surface area contributed by atoms with E-state index < -0.39 is 0 Å². The van der Waals surface area contributed by atoms with Gasteiger partial charge in [-0.1, -0.05) is 6.42 Å². The molecule has 1 aromatic rings. The van der Waals surface area contributed by atoms with Crippen LogP contribution in [0.3, 0.4) is 0 Å². The van der Waals surface area contributed by atoms with Crippen LogP contribution in [0, 0.1) is 11.8 Å². The highest BCUT2D eigenvalue weighted by molar-refractivity contribution is 7.98. The fraction of sp³-hybridized carbons (Fsp3) is 0.667. The molecule has 1 heterocycles. The minimum Gasteiger partial charge on any atom is -0.477 e. The molecule has 1 aromatic heterocycles. The highest BCUT2D eigenvalue weighted by atomic mass is 32.2. The summed E-state index contributed by atoms with van der Waals surface area (Å²) in [7, 11) is 0. The molecule has 1 fully saturated rings. The summed E-state index contributed by atoms with van der Waals surface area (Å²) in [5.41, 5.74) is 5.75. The van der Waals surface area contributed by atoms with Crippen LogP contribution in [0.5, 0.6) is 5.88 Å².